The van der Waals surface area contributed by atoms with Gasteiger partial charge in [0.05, 0.1) is 6.20 Å². The summed E-state index contributed by atoms with van der Waals surface area (Å²) < 4.78 is 15.6. The molecule has 1 atom stereocenters. The van der Waals surface area contributed by atoms with E-state index in [4.69, 9.17) is 5.73 Å². The van der Waals surface area contributed by atoms with Gasteiger partial charge in [-0.15, -0.1) is 0 Å². The van der Waals surface area contributed by atoms with Gasteiger partial charge >= 0.3 is 0 Å². The minimum Gasteiger partial charge on any atom is -0.324 e. The lowest BCUT2D eigenvalue weighted by Gasteiger charge is -2.14. The fraction of sp³-hybridized carbons (Fsp3) is 0.235. The first kappa shape index (κ1) is 13.8. The number of aryl methyl sites for hydroxylation is 2. The van der Waals surface area contributed by atoms with Gasteiger partial charge < -0.3 is 5.73 Å². The number of aromatic nitrogens is 2. The molecule has 0 saturated heterocycles. The van der Waals surface area contributed by atoms with Crippen LogP contribution in [0.3, 0.4) is 0 Å². The van der Waals surface area contributed by atoms with Crippen molar-refractivity contribution >= 4 is 10.8 Å². The number of fused-ring (bicyclic) bond motifs is 1. The number of hydrogen-bond donors (Lipinski definition) is 1. The topological polar surface area (TPSA) is 43.8 Å². The average Bonchev–Trinajstić information content (AvgIpc) is 2.91. The summed E-state index contributed by atoms with van der Waals surface area (Å²) in [5.74, 6) is -0.200. The second kappa shape index (κ2) is 5.66. The SMILES string of the molecule is Cn1cc(CCC(N)c2ccc(F)c3ccccc23)cn1. The van der Waals surface area contributed by atoms with Crippen LogP contribution in [-0.4, -0.2) is 9.78 Å². The number of halogens is 1. The zero-order valence-electron chi connectivity index (χ0n) is 12.0. The fourth-order valence-corrected chi connectivity index (χ4v) is 2.69. The first-order chi connectivity index (χ1) is 10.1. The molecule has 1 unspecified atom stereocenters. The van der Waals surface area contributed by atoms with Crippen molar-refractivity contribution in [1.82, 2.24) is 9.78 Å². The van der Waals surface area contributed by atoms with Crippen LogP contribution in [0.2, 0.25) is 0 Å². The molecule has 2 N–H and O–H groups in total. The van der Waals surface area contributed by atoms with Gasteiger partial charge in [0.15, 0.2) is 0 Å². The summed E-state index contributed by atoms with van der Waals surface area (Å²) in [5, 5.41) is 5.69. The van der Waals surface area contributed by atoms with Gasteiger partial charge in [-0.1, -0.05) is 30.3 Å². The third kappa shape index (κ3) is 2.81. The van der Waals surface area contributed by atoms with Gasteiger partial charge in [-0.2, -0.15) is 5.10 Å². The molecule has 3 rings (SSSR count). The zero-order chi connectivity index (χ0) is 14.8. The van der Waals surface area contributed by atoms with Gasteiger partial charge in [0.2, 0.25) is 0 Å². The molecule has 0 radical (unpaired) electrons. The Morgan fingerprint density at radius 3 is 2.67 bits per heavy atom. The normalized spacial score (nSPS) is 12.7. The monoisotopic (exact) mass is 283 g/mol. The lowest BCUT2D eigenvalue weighted by Crippen LogP contribution is -2.12. The Bertz CT molecular complexity index is 764. The van der Waals surface area contributed by atoms with Gasteiger partial charge in [-0.25, -0.2) is 4.39 Å². The molecular formula is C17H18FN3. The minimum absolute atomic E-state index is 0.115. The van der Waals surface area contributed by atoms with Crippen molar-refractivity contribution in [3.63, 3.8) is 0 Å². The smallest absolute Gasteiger partial charge is 0.131 e. The Balaban J connectivity index is 1.84. The van der Waals surface area contributed by atoms with E-state index in [1.54, 1.807) is 16.8 Å². The van der Waals surface area contributed by atoms with Gasteiger partial charge in [0, 0.05) is 24.7 Å². The highest BCUT2D eigenvalue weighted by molar-refractivity contribution is 5.86. The molecule has 0 aliphatic rings. The Morgan fingerprint density at radius 2 is 1.95 bits per heavy atom. The number of nitrogens with zero attached hydrogens (tertiary/aromatic N) is 2. The highest BCUT2D eigenvalue weighted by atomic mass is 19.1. The van der Waals surface area contributed by atoms with Crippen LogP contribution in [0, 0.1) is 5.82 Å². The minimum atomic E-state index is -0.200. The van der Waals surface area contributed by atoms with Crippen LogP contribution in [0.4, 0.5) is 4.39 Å². The van der Waals surface area contributed by atoms with E-state index in [-0.39, 0.29) is 11.9 Å². The molecule has 3 aromatic rings. The first-order valence-corrected chi connectivity index (χ1v) is 7.05. The number of nitrogens with two attached hydrogens (primary N) is 1. The molecule has 3 nitrogen and oxygen atoms in total. The van der Waals surface area contributed by atoms with Gasteiger partial charge in [-0.3, -0.25) is 4.68 Å². The van der Waals surface area contributed by atoms with Crippen LogP contribution in [-0.2, 0) is 13.5 Å². The predicted octanol–water partition coefficient (Wildman–Crippen LogP) is 3.35. The number of rotatable bonds is 4. The Morgan fingerprint density at radius 1 is 1.19 bits per heavy atom. The Hall–Kier alpha value is -2.20. The lowest BCUT2D eigenvalue weighted by atomic mass is 9.95. The number of benzene rings is 2. The standard InChI is InChI=1S/C17H18FN3/c1-21-11-12(10-20-21)6-9-17(19)15-7-8-16(18)14-5-3-2-4-13(14)15/h2-5,7-8,10-11,17H,6,9,19H2,1H3. The molecule has 0 saturated carbocycles. The first-order valence-electron chi connectivity index (χ1n) is 7.05. The maximum Gasteiger partial charge on any atom is 0.131 e. The van der Waals surface area contributed by atoms with Crippen LogP contribution < -0.4 is 5.73 Å². The molecule has 0 amide bonds. The van der Waals surface area contributed by atoms with Crippen molar-refractivity contribution in [2.45, 2.75) is 18.9 Å². The third-order valence-electron chi connectivity index (χ3n) is 3.81. The van der Waals surface area contributed by atoms with Gasteiger partial charge in [0.1, 0.15) is 5.82 Å². The predicted molar refractivity (Wildman–Crippen MR) is 82.4 cm³/mol. The van der Waals surface area contributed by atoms with Crippen molar-refractivity contribution in [2.75, 3.05) is 0 Å². The van der Waals surface area contributed by atoms with Gasteiger partial charge in [0.25, 0.3) is 0 Å². The third-order valence-corrected chi connectivity index (χ3v) is 3.81. The maximum atomic E-state index is 13.8. The van der Waals surface area contributed by atoms with Crippen LogP contribution in [0.15, 0.2) is 48.8 Å². The van der Waals surface area contributed by atoms with Crippen LogP contribution in [0.25, 0.3) is 10.8 Å². The average molecular weight is 283 g/mol. The van der Waals surface area contributed by atoms with Crippen molar-refractivity contribution in [2.24, 2.45) is 12.8 Å². The molecular weight excluding hydrogens is 265 g/mol. The van der Waals surface area contributed by atoms with E-state index in [1.165, 1.54) is 11.6 Å². The summed E-state index contributed by atoms with van der Waals surface area (Å²) in [7, 11) is 1.90. The van der Waals surface area contributed by atoms with E-state index in [1.807, 2.05) is 37.6 Å². The zero-order valence-corrected chi connectivity index (χ0v) is 12.0. The summed E-state index contributed by atoms with van der Waals surface area (Å²) in [5.41, 5.74) is 8.48. The summed E-state index contributed by atoms with van der Waals surface area (Å²) in [6.07, 6.45) is 5.52. The number of hydrogen-bond acceptors (Lipinski definition) is 2. The molecule has 1 heterocycles. The van der Waals surface area contributed by atoms with E-state index < -0.39 is 0 Å². The van der Waals surface area contributed by atoms with Crippen LogP contribution >= 0.6 is 0 Å². The van der Waals surface area contributed by atoms with E-state index in [0.29, 0.717) is 5.39 Å². The highest BCUT2D eigenvalue weighted by Gasteiger charge is 2.12. The molecule has 4 heteroatoms. The molecule has 108 valence electrons. The van der Waals surface area contributed by atoms with Crippen LogP contribution in [0.1, 0.15) is 23.6 Å². The maximum absolute atomic E-state index is 13.8. The molecule has 0 fully saturated rings. The second-order valence-electron chi connectivity index (χ2n) is 5.35. The quantitative estimate of drug-likeness (QED) is 0.798. The van der Waals surface area contributed by atoms with Crippen molar-refractivity contribution in [3.05, 3.63) is 65.7 Å². The van der Waals surface area contributed by atoms with E-state index >= 15 is 0 Å². The summed E-state index contributed by atoms with van der Waals surface area (Å²) in [6, 6.07) is 10.7. The molecule has 0 spiro atoms. The second-order valence-corrected chi connectivity index (χ2v) is 5.35. The Kier molecular flexibility index (Phi) is 3.71. The molecule has 0 aliphatic carbocycles. The summed E-state index contributed by atoms with van der Waals surface area (Å²) in [4.78, 5) is 0. The molecule has 21 heavy (non-hydrogen) atoms. The fourth-order valence-electron chi connectivity index (χ4n) is 2.69. The largest absolute Gasteiger partial charge is 0.324 e. The van der Waals surface area contributed by atoms with Gasteiger partial charge in [-0.05, 0) is 35.4 Å². The highest BCUT2D eigenvalue weighted by Crippen LogP contribution is 2.27. The Labute approximate surface area is 123 Å². The summed E-state index contributed by atoms with van der Waals surface area (Å²) in [6.45, 7) is 0. The van der Waals surface area contributed by atoms with Crippen LogP contribution in [0.5, 0.6) is 0 Å². The molecule has 0 aliphatic heterocycles. The van der Waals surface area contributed by atoms with Crippen molar-refractivity contribution in [3.8, 4) is 0 Å². The van der Waals surface area contributed by atoms with E-state index in [0.717, 1.165) is 23.8 Å². The van der Waals surface area contributed by atoms with Crippen molar-refractivity contribution in [1.29, 1.82) is 0 Å². The molecule has 1 aromatic heterocycles. The molecule has 0 bridgehead atoms. The lowest BCUT2D eigenvalue weighted by molar-refractivity contribution is 0.632. The van der Waals surface area contributed by atoms with E-state index in [9.17, 15) is 4.39 Å². The van der Waals surface area contributed by atoms with Crippen molar-refractivity contribution < 1.29 is 4.39 Å². The summed E-state index contributed by atoms with van der Waals surface area (Å²) >= 11 is 0. The molecule has 2 aromatic carbocycles. The van der Waals surface area contributed by atoms with E-state index in [2.05, 4.69) is 5.10 Å².